The van der Waals surface area contributed by atoms with Crippen LogP contribution in [-0.2, 0) is 12.8 Å². The SMILES string of the molecule is CC.Cc1ccc(NC2CNC2)cc1C(=O)NC(C)c1cccc2c1CCCC2.Cc1ccc(NC2CNC2)cc1C(=O)NC(C)c1cccc2c1OCCO2. The second kappa shape index (κ2) is 19.2. The third-order valence-electron chi connectivity index (χ3n) is 10.9. The number of nitrogens with one attached hydrogen (secondary N) is 6. The van der Waals surface area contributed by atoms with Crippen LogP contribution in [0.2, 0.25) is 0 Å². The van der Waals surface area contributed by atoms with E-state index in [9.17, 15) is 9.59 Å². The first-order valence-electron chi connectivity index (χ1n) is 20.5. The van der Waals surface area contributed by atoms with Crippen molar-refractivity contribution >= 4 is 23.2 Å². The first kappa shape index (κ1) is 40.6. The van der Waals surface area contributed by atoms with Crippen LogP contribution in [0, 0.1) is 13.8 Å². The minimum atomic E-state index is -0.194. The molecule has 10 nitrogen and oxygen atoms in total. The summed E-state index contributed by atoms with van der Waals surface area (Å²) in [5.41, 5.74) is 10.5. The number of carbonyl (C=O) groups excluding carboxylic acids is 2. The minimum Gasteiger partial charge on any atom is -0.486 e. The summed E-state index contributed by atoms with van der Waals surface area (Å²) < 4.78 is 11.4. The summed E-state index contributed by atoms with van der Waals surface area (Å²) in [6, 6.07) is 25.0. The molecule has 0 saturated carbocycles. The molecule has 56 heavy (non-hydrogen) atoms. The zero-order valence-electron chi connectivity index (χ0n) is 33.9. The smallest absolute Gasteiger partial charge is 0.252 e. The molecular weight excluding hydrogens is 701 g/mol. The number of hydrogen-bond acceptors (Lipinski definition) is 8. The van der Waals surface area contributed by atoms with Gasteiger partial charge in [-0.1, -0.05) is 56.3 Å². The molecule has 4 aromatic carbocycles. The van der Waals surface area contributed by atoms with Gasteiger partial charge in [0.15, 0.2) is 11.5 Å². The lowest BCUT2D eigenvalue weighted by Crippen LogP contribution is -2.51. The number of rotatable bonds is 10. The van der Waals surface area contributed by atoms with Crippen LogP contribution in [0.25, 0.3) is 0 Å². The van der Waals surface area contributed by atoms with Crippen molar-refractivity contribution in [2.24, 2.45) is 0 Å². The normalized spacial score (nSPS) is 16.8. The number of benzene rings is 4. The van der Waals surface area contributed by atoms with E-state index in [0.717, 1.165) is 84.1 Å². The Labute approximate surface area is 332 Å². The molecule has 2 fully saturated rings. The van der Waals surface area contributed by atoms with Crippen molar-refractivity contribution in [1.29, 1.82) is 0 Å². The predicted molar refractivity (Wildman–Crippen MR) is 227 cm³/mol. The second-order valence-electron chi connectivity index (χ2n) is 15.0. The van der Waals surface area contributed by atoms with E-state index in [-0.39, 0.29) is 23.9 Å². The van der Waals surface area contributed by atoms with Crippen LogP contribution in [0.1, 0.15) is 107 Å². The van der Waals surface area contributed by atoms with Crippen molar-refractivity contribution in [2.45, 2.75) is 91.4 Å². The van der Waals surface area contributed by atoms with Crippen molar-refractivity contribution in [3.05, 3.63) is 117 Å². The van der Waals surface area contributed by atoms with Crippen molar-refractivity contribution in [3.63, 3.8) is 0 Å². The molecule has 3 heterocycles. The zero-order valence-corrected chi connectivity index (χ0v) is 33.9. The van der Waals surface area contributed by atoms with Crippen LogP contribution >= 0.6 is 0 Å². The van der Waals surface area contributed by atoms with E-state index in [1.54, 1.807) is 0 Å². The van der Waals surface area contributed by atoms with Gasteiger partial charge in [-0.25, -0.2) is 0 Å². The number of hydrogen-bond donors (Lipinski definition) is 6. The summed E-state index contributed by atoms with van der Waals surface area (Å²) in [5, 5.41) is 19.8. The van der Waals surface area contributed by atoms with E-state index in [4.69, 9.17) is 9.47 Å². The molecule has 298 valence electrons. The lowest BCUT2D eigenvalue weighted by atomic mass is 9.86. The van der Waals surface area contributed by atoms with Gasteiger partial charge in [-0.05, 0) is 112 Å². The van der Waals surface area contributed by atoms with Crippen molar-refractivity contribution in [1.82, 2.24) is 21.3 Å². The van der Waals surface area contributed by atoms with Crippen LogP contribution < -0.4 is 41.4 Å². The quantitative estimate of drug-likeness (QED) is 0.0988. The third kappa shape index (κ3) is 9.84. The topological polar surface area (TPSA) is 125 Å². The third-order valence-corrected chi connectivity index (χ3v) is 10.9. The highest BCUT2D eigenvalue weighted by atomic mass is 16.6. The van der Waals surface area contributed by atoms with Crippen LogP contribution in [-0.4, -0.2) is 63.3 Å². The summed E-state index contributed by atoms with van der Waals surface area (Å²) >= 11 is 0. The van der Waals surface area contributed by atoms with E-state index < -0.39 is 0 Å². The van der Waals surface area contributed by atoms with Crippen molar-refractivity contribution < 1.29 is 19.1 Å². The number of carbonyl (C=O) groups is 2. The number of anilines is 2. The van der Waals surface area contributed by atoms with Gasteiger partial charge >= 0.3 is 0 Å². The van der Waals surface area contributed by atoms with E-state index in [0.29, 0.717) is 30.9 Å². The molecule has 2 atom stereocenters. The van der Waals surface area contributed by atoms with Crippen LogP contribution in [0.5, 0.6) is 11.5 Å². The molecule has 0 radical (unpaired) electrons. The molecule has 1 aliphatic carbocycles. The molecule has 0 aromatic heterocycles. The fourth-order valence-electron chi connectivity index (χ4n) is 7.52. The molecule has 6 N–H and O–H groups in total. The highest BCUT2D eigenvalue weighted by Gasteiger charge is 2.24. The molecule has 4 aromatic rings. The summed E-state index contributed by atoms with van der Waals surface area (Å²) in [6.07, 6.45) is 4.80. The Hall–Kier alpha value is -5.06. The maximum Gasteiger partial charge on any atom is 0.252 e. The molecule has 0 spiro atoms. The van der Waals surface area contributed by atoms with Crippen LogP contribution in [0.3, 0.4) is 0 Å². The molecule has 2 unspecified atom stereocenters. The van der Waals surface area contributed by atoms with Gasteiger partial charge in [-0.2, -0.15) is 0 Å². The Balaban J connectivity index is 0.000000182. The monoisotopic (exact) mass is 760 g/mol. The van der Waals surface area contributed by atoms with Crippen LogP contribution in [0.15, 0.2) is 72.8 Å². The number of para-hydroxylation sites is 1. The van der Waals surface area contributed by atoms with Crippen LogP contribution in [0.4, 0.5) is 11.4 Å². The van der Waals surface area contributed by atoms with E-state index in [1.165, 1.54) is 29.5 Å². The van der Waals surface area contributed by atoms with Gasteiger partial charge in [0.1, 0.15) is 13.2 Å². The number of fused-ring (bicyclic) bond motifs is 2. The Bertz CT molecular complexity index is 1830. The summed E-state index contributed by atoms with van der Waals surface area (Å²) in [6.45, 7) is 16.9. The van der Waals surface area contributed by atoms with E-state index in [1.807, 2.05) is 83.1 Å². The summed E-state index contributed by atoms with van der Waals surface area (Å²) in [5.74, 6) is 1.37. The lowest BCUT2D eigenvalue weighted by Gasteiger charge is -2.29. The average Bonchev–Trinajstić information content (AvgIpc) is 3.19. The predicted octanol–water partition coefficient (Wildman–Crippen LogP) is 7.42. The first-order chi connectivity index (χ1) is 27.2. The maximum absolute atomic E-state index is 13.0. The largest absolute Gasteiger partial charge is 0.486 e. The molecule has 8 rings (SSSR count). The highest BCUT2D eigenvalue weighted by Crippen LogP contribution is 2.37. The Morgan fingerprint density at radius 3 is 1.75 bits per heavy atom. The fourth-order valence-corrected chi connectivity index (χ4v) is 7.52. The Morgan fingerprint density at radius 2 is 1.18 bits per heavy atom. The standard InChI is InChI=1S/C23H29N3O.C21H25N3O3.C2H6/c1-15-10-11-18(26-19-13-24-14-19)12-22(15)23(27)25-16(2)20-9-5-7-17-6-3-4-8-21(17)20;1-13-6-7-15(24-16-11-22-12-16)10-18(13)21(25)23-14(2)17-4-3-5-19-20(17)27-9-8-26-19;1-2/h5,7,9-12,16,19,24,26H,3-4,6,8,13-14H2,1-2H3,(H,25,27);3-7,10,14,16,22,24H,8-9,11-12H2,1-2H3,(H,23,25);1-2H3. The summed E-state index contributed by atoms with van der Waals surface area (Å²) in [7, 11) is 0. The van der Waals surface area contributed by atoms with Crippen molar-refractivity contribution in [3.8, 4) is 11.5 Å². The number of amides is 2. The average molecular weight is 761 g/mol. The Morgan fingerprint density at radius 1 is 0.661 bits per heavy atom. The molecule has 2 amide bonds. The van der Waals surface area contributed by atoms with Gasteiger partial charge < -0.3 is 41.4 Å². The number of aryl methyl sites for hydroxylation is 3. The van der Waals surface area contributed by atoms with Crippen molar-refractivity contribution in [2.75, 3.05) is 50.0 Å². The van der Waals surface area contributed by atoms with Gasteiger partial charge in [-0.15, -0.1) is 0 Å². The fraction of sp³-hybridized carbons (Fsp3) is 0.435. The van der Waals surface area contributed by atoms with E-state index >= 15 is 0 Å². The molecule has 0 bridgehead atoms. The molecule has 4 aliphatic rings. The summed E-state index contributed by atoms with van der Waals surface area (Å²) in [4.78, 5) is 25.9. The first-order valence-corrected chi connectivity index (χ1v) is 20.5. The van der Waals surface area contributed by atoms with Gasteiger partial charge in [-0.3, -0.25) is 9.59 Å². The second-order valence-corrected chi connectivity index (χ2v) is 15.0. The van der Waals surface area contributed by atoms with E-state index in [2.05, 4.69) is 63.1 Å². The highest BCUT2D eigenvalue weighted by molar-refractivity contribution is 5.97. The van der Waals surface area contributed by atoms with Gasteiger partial charge in [0.25, 0.3) is 11.8 Å². The Kier molecular flexibility index (Phi) is 13.9. The zero-order chi connectivity index (χ0) is 39.6. The molecular formula is C46H60N6O4. The van der Waals surface area contributed by atoms with Gasteiger partial charge in [0, 0.05) is 54.2 Å². The lowest BCUT2D eigenvalue weighted by molar-refractivity contribution is 0.0930. The van der Waals surface area contributed by atoms with Gasteiger partial charge in [0.05, 0.1) is 24.2 Å². The minimum absolute atomic E-state index is 0.00352. The molecule has 3 aliphatic heterocycles. The molecule has 10 heteroatoms. The number of ether oxygens (including phenoxy) is 2. The maximum atomic E-state index is 13.0. The van der Waals surface area contributed by atoms with Gasteiger partial charge in [0.2, 0.25) is 0 Å². The molecule has 2 saturated heterocycles.